The highest BCUT2D eigenvalue weighted by molar-refractivity contribution is 5.38. The van der Waals surface area contributed by atoms with Crippen molar-refractivity contribution in [1.82, 2.24) is 14.5 Å². The van der Waals surface area contributed by atoms with Gasteiger partial charge < -0.3 is 4.74 Å². The smallest absolute Gasteiger partial charge is 0.332 e. The van der Waals surface area contributed by atoms with Gasteiger partial charge in [0.15, 0.2) is 0 Å². The van der Waals surface area contributed by atoms with Gasteiger partial charge in [0.25, 0.3) is 5.56 Å². The number of aromatic nitrogens is 3. The van der Waals surface area contributed by atoms with Gasteiger partial charge >= 0.3 is 5.69 Å². The molecule has 6 nitrogen and oxygen atoms in total. The van der Waals surface area contributed by atoms with Crippen molar-refractivity contribution >= 4 is 0 Å². The summed E-state index contributed by atoms with van der Waals surface area (Å²) in [5.41, 5.74) is -0.438. The van der Waals surface area contributed by atoms with E-state index in [4.69, 9.17) is 4.74 Å². The summed E-state index contributed by atoms with van der Waals surface area (Å²) in [6, 6.07) is 12.0. The van der Waals surface area contributed by atoms with Crippen LogP contribution in [0.1, 0.15) is 0 Å². The first-order chi connectivity index (χ1) is 10.6. The van der Waals surface area contributed by atoms with E-state index in [0.29, 0.717) is 11.4 Å². The van der Waals surface area contributed by atoms with Gasteiger partial charge in [-0.1, -0.05) is 6.07 Å². The molecule has 1 aromatic carbocycles. The minimum absolute atomic E-state index is 0.133. The van der Waals surface area contributed by atoms with Crippen molar-refractivity contribution in [2.24, 2.45) is 0 Å². The molecule has 22 heavy (non-hydrogen) atoms. The highest BCUT2D eigenvalue weighted by atomic mass is 19.1. The Hall–Kier alpha value is -3.22. The monoisotopic (exact) mass is 299 g/mol. The van der Waals surface area contributed by atoms with Crippen LogP contribution in [0, 0.1) is 5.95 Å². The molecule has 0 spiro atoms. The maximum absolute atomic E-state index is 13.0. The molecule has 0 aliphatic heterocycles. The third-order valence-electron chi connectivity index (χ3n) is 2.85. The van der Waals surface area contributed by atoms with Crippen molar-refractivity contribution in [2.75, 3.05) is 0 Å². The van der Waals surface area contributed by atoms with E-state index >= 15 is 0 Å². The molecule has 110 valence electrons. The number of aromatic amines is 1. The number of hydrogen-bond donors (Lipinski definition) is 1. The Balaban J connectivity index is 1.86. The zero-order valence-corrected chi connectivity index (χ0v) is 11.2. The standard InChI is InChI=1S/C15H10FN3O3/c16-12-2-1-3-14(17-12)22-11-6-4-10(5-7-11)19-9-8-13(20)18-15(19)21/h1-9H,(H,18,20,21). The number of pyridine rings is 1. The molecule has 0 bridgehead atoms. The average Bonchev–Trinajstić information content (AvgIpc) is 2.48. The van der Waals surface area contributed by atoms with E-state index in [0.717, 1.165) is 0 Å². The molecular formula is C15H10FN3O3. The first kappa shape index (κ1) is 13.7. The van der Waals surface area contributed by atoms with Gasteiger partial charge in [0.1, 0.15) is 5.75 Å². The molecule has 2 heterocycles. The molecule has 0 saturated heterocycles. The Morgan fingerprint density at radius 2 is 1.82 bits per heavy atom. The maximum atomic E-state index is 13.0. The minimum Gasteiger partial charge on any atom is -0.439 e. The van der Waals surface area contributed by atoms with E-state index in [9.17, 15) is 14.0 Å². The average molecular weight is 299 g/mol. The highest BCUT2D eigenvalue weighted by Gasteiger charge is 2.03. The third-order valence-corrected chi connectivity index (χ3v) is 2.85. The summed E-state index contributed by atoms with van der Waals surface area (Å²) < 4.78 is 19.7. The fourth-order valence-corrected chi connectivity index (χ4v) is 1.86. The minimum atomic E-state index is -0.631. The largest absolute Gasteiger partial charge is 0.439 e. The van der Waals surface area contributed by atoms with Crippen LogP contribution < -0.4 is 16.0 Å². The summed E-state index contributed by atoms with van der Waals surface area (Å²) in [5, 5.41) is 0. The van der Waals surface area contributed by atoms with Crippen LogP contribution in [0.5, 0.6) is 11.6 Å². The molecule has 1 N–H and O–H groups in total. The normalized spacial score (nSPS) is 10.4. The summed E-state index contributed by atoms with van der Waals surface area (Å²) in [6.45, 7) is 0. The number of hydrogen-bond acceptors (Lipinski definition) is 4. The first-order valence-electron chi connectivity index (χ1n) is 6.35. The Bertz CT molecular complexity index is 916. The van der Waals surface area contributed by atoms with Crippen LogP contribution in [0.4, 0.5) is 4.39 Å². The van der Waals surface area contributed by atoms with Gasteiger partial charge in [0.2, 0.25) is 11.8 Å². The second kappa shape index (κ2) is 5.65. The van der Waals surface area contributed by atoms with Gasteiger partial charge in [-0.05, 0) is 30.3 Å². The molecule has 0 radical (unpaired) electrons. The van der Waals surface area contributed by atoms with E-state index in [2.05, 4.69) is 9.97 Å². The van der Waals surface area contributed by atoms with E-state index in [1.807, 2.05) is 0 Å². The van der Waals surface area contributed by atoms with Crippen LogP contribution in [-0.4, -0.2) is 14.5 Å². The highest BCUT2D eigenvalue weighted by Crippen LogP contribution is 2.20. The molecule has 3 rings (SSSR count). The lowest BCUT2D eigenvalue weighted by Crippen LogP contribution is -2.27. The van der Waals surface area contributed by atoms with Crippen LogP contribution >= 0.6 is 0 Å². The van der Waals surface area contributed by atoms with E-state index in [1.165, 1.54) is 35.0 Å². The third kappa shape index (κ3) is 2.93. The van der Waals surface area contributed by atoms with Crippen molar-refractivity contribution in [3.05, 3.63) is 81.5 Å². The van der Waals surface area contributed by atoms with Crippen molar-refractivity contribution in [3.63, 3.8) is 0 Å². The van der Waals surface area contributed by atoms with E-state index in [1.54, 1.807) is 24.3 Å². The first-order valence-corrected chi connectivity index (χ1v) is 6.35. The number of benzene rings is 1. The Morgan fingerprint density at radius 1 is 1.05 bits per heavy atom. The molecular weight excluding hydrogens is 289 g/mol. The molecule has 0 fully saturated rings. The molecule has 0 atom stereocenters. The lowest BCUT2D eigenvalue weighted by atomic mass is 10.3. The summed E-state index contributed by atoms with van der Waals surface area (Å²) in [4.78, 5) is 28.5. The van der Waals surface area contributed by atoms with E-state index < -0.39 is 17.2 Å². The predicted octanol–water partition coefficient (Wildman–Crippen LogP) is 1.85. The van der Waals surface area contributed by atoms with Crippen molar-refractivity contribution in [1.29, 1.82) is 0 Å². The van der Waals surface area contributed by atoms with E-state index in [-0.39, 0.29) is 5.88 Å². The van der Waals surface area contributed by atoms with Crippen LogP contribution in [0.15, 0.2) is 64.3 Å². The number of rotatable bonds is 3. The summed E-state index contributed by atoms with van der Waals surface area (Å²) >= 11 is 0. The number of halogens is 1. The lowest BCUT2D eigenvalue weighted by Gasteiger charge is -2.07. The molecule has 0 unspecified atom stereocenters. The fourth-order valence-electron chi connectivity index (χ4n) is 1.86. The quantitative estimate of drug-likeness (QED) is 0.749. The molecule has 3 aromatic rings. The van der Waals surface area contributed by atoms with Gasteiger partial charge in [-0.25, -0.2) is 4.79 Å². The molecule has 0 aliphatic rings. The lowest BCUT2D eigenvalue weighted by molar-refractivity contribution is 0.445. The molecule has 0 aliphatic carbocycles. The van der Waals surface area contributed by atoms with Gasteiger partial charge in [-0.15, -0.1) is 0 Å². The van der Waals surface area contributed by atoms with Crippen LogP contribution in [-0.2, 0) is 0 Å². The molecule has 0 amide bonds. The van der Waals surface area contributed by atoms with Crippen LogP contribution in [0.25, 0.3) is 5.69 Å². The summed E-state index contributed by atoms with van der Waals surface area (Å²) in [6.07, 6.45) is 1.38. The Kier molecular flexibility index (Phi) is 3.53. The molecule has 0 saturated carbocycles. The van der Waals surface area contributed by atoms with Crippen LogP contribution in [0.3, 0.4) is 0 Å². The van der Waals surface area contributed by atoms with Gasteiger partial charge in [0, 0.05) is 18.3 Å². The van der Waals surface area contributed by atoms with Gasteiger partial charge in [0.05, 0.1) is 5.69 Å². The van der Waals surface area contributed by atoms with Crippen molar-refractivity contribution in [3.8, 4) is 17.3 Å². The fraction of sp³-hybridized carbons (Fsp3) is 0. The number of nitrogens with one attached hydrogen (secondary N) is 1. The second-order valence-corrected chi connectivity index (χ2v) is 4.37. The van der Waals surface area contributed by atoms with Gasteiger partial charge in [-0.2, -0.15) is 9.37 Å². The van der Waals surface area contributed by atoms with Crippen molar-refractivity contribution < 1.29 is 9.13 Å². The Labute approximate surface area is 123 Å². The number of ether oxygens (including phenoxy) is 1. The zero-order chi connectivity index (χ0) is 15.5. The molecule has 2 aromatic heterocycles. The Morgan fingerprint density at radius 3 is 2.50 bits per heavy atom. The van der Waals surface area contributed by atoms with Crippen LogP contribution in [0.2, 0.25) is 0 Å². The summed E-state index contributed by atoms with van der Waals surface area (Å²) in [5.74, 6) is -0.0535. The topological polar surface area (TPSA) is 77.0 Å². The zero-order valence-electron chi connectivity index (χ0n) is 11.2. The molecule has 7 heteroatoms. The number of nitrogens with zero attached hydrogens (tertiary/aromatic N) is 2. The summed E-state index contributed by atoms with van der Waals surface area (Å²) in [7, 11) is 0. The second-order valence-electron chi connectivity index (χ2n) is 4.37. The SMILES string of the molecule is O=c1ccn(-c2ccc(Oc3cccc(F)n3)cc2)c(=O)[nH]1. The maximum Gasteiger partial charge on any atom is 0.332 e. The van der Waals surface area contributed by atoms with Crippen molar-refractivity contribution in [2.45, 2.75) is 0 Å². The predicted molar refractivity (Wildman–Crippen MR) is 76.9 cm³/mol. The number of H-pyrrole nitrogens is 1. The van der Waals surface area contributed by atoms with Gasteiger partial charge in [-0.3, -0.25) is 14.3 Å².